The second-order valence-electron chi connectivity index (χ2n) is 6.16. The van der Waals surface area contributed by atoms with E-state index in [2.05, 4.69) is 5.32 Å². The van der Waals surface area contributed by atoms with Crippen molar-refractivity contribution in [2.45, 2.75) is 32.0 Å². The van der Waals surface area contributed by atoms with E-state index in [1.54, 1.807) is 6.92 Å². The predicted octanol–water partition coefficient (Wildman–Crippen LogP) is 4.00. The van der Waals surface area contributed by atoms with Crippen LogP contribution in [0.1, 0.15) is 34.0 Å². The topological polar surface area (TPSA) is 38.3 Å². The summed E-state index contributed by atoms with van der Waals surface area (Å²) in [4.78, 5) is 12.3. The van der Waals surface area contributed by atoms with Crippen molar-refractivity contribution in [2.75, 3.05) is 6.61 Å². The van der Waals surface area contributed by atoms with E-state index in [-0.39, 0.29) is 11.6 Å². The van der Waals surface area contributed by atoms with E-state index < -0.39 is 17.6 Å². The lowest BCUT2D eigenvalue weighted by Gasteiger charge is -2.17. The van der Waals surface area contributed by atoms with E-state index in [0.29, 0.717) is 13.0 Å². The van der Waals surface area contributed by atoms with Crippen LogP contribution in [0.2, 0.25) is 0 Å². The minimum Gasteiger partial charge on any atom is -0.493 e. The number of hydrogen-bond acceptors (Lipinski definition) is 2. The van der Waals surface area contributed by atoms with Gasteiger partial charge in [0.2, 0.25) is 0 Å². The molecular formula is C19H18F3NO2. The minimum absolute atomic E-state index is 0.297. The summed E-state index contributed by atoms with van der Waals surface area (Å²) in [6, 6.07) is 10.3. The lowest BCUT2D eigenvalue weighted by Crippen LogP contribution is -2.35. The van der Waals surface area contributed by atoms with Gasteiger partial charge in [0.15, 0.2) is 0 Å². The van der Waals surface area contributed by atoms with E-state index in [0.717, 1.165) is 29.4 Å². The number of carbonyl (C=O) groups excluding carboxylic acids is 1. The number of fused-ring (bicyclic) bond motifs is 1. The van der Waals surface area contributed by atoms with Crippen LogP contribution < -0.4 is 10.1 Å². The van der Waals surface area contributed by atoms with Crippen LogP contribution in [0.25, 0.3) is 0 Å². The zero-order valence-electron chi connectivity index (χ0n) is 13.7. The molecule has 6 heteroatoms. The van der Waals surface area contributed by atoms with Crippen molar-refractivity contribution in [3.05, 3.63) is 64.7 Å². The molecule has 2 aromatic rings. The summed E-state index contributed by atoms with van der Waals surface area (Å²) in [5.74, 6) is 0.157. The zero-order chi connectivity index (χ0) is 18.0. The second kappa shape index (κ2) is 6.78. The van der Waals surface area contributed by atoms with Gasteiger partial charge in [-0.2, -0.15) is 13.2 Å². The first kappa shape index (κ1) is 17.3. The molecule has 1 atom stereocenters. The molecule has 0 saturated heterocycles. The van der Waals surface area contributed by atoms with Gasteiger partial charge in [-0.1, -0.05) is 24.3 Å². The molecule has 0 bridgehead atoms. The summed E-state index contributed by atoms with van der Waals surface area (Å²) in [5, 5.41) is 2.65. The highest BCUT2D eigenvalue weighted by atomic mass is 19.4. The van der Waals surface area contributed by atoms with Crippen LogP contribution in [0.5, 0.6) is 5.75 Å². The molecule has 1 amide bonds. The molecule has 0 saturated carbocycles. The van der Waals surface area contributed by atoms with Gasteiger partial charge < -0.3 is 10.1 Å². The summed E-state index contributed by atoms with van der Waals surface area (Å²) in [6.07, 6.45) is -3.17. The molecule has 1 heterocycles. The van der Waals surface area contributed by atoms with Gasteiger partial charge in [0.1, 0.15) is 5.75 Å². The summed E-state index contributed by atoms with van der Waals surface area (Å²) in [7, 11) is 0. The third kappa shape index (κ3) is 3.95. The van der Waals surface area contributed by atoms with E-state index in [1.165, 1.54) is 18.2 Å². The van der Waals surface area contributed by atoms with Gasteiger partial charge in [0.05, 0.1) is 17.7 Å². The Balaban J connectivity index is 1.69. The second-order valence-corrected chi connectivity index (χ2v) is 6.16. The first-order valence-corrected chi connectivity index (χ1v) is 8.06. The van der Waals surface area contributed by atoms with Crippen molar-refractivity contribution in [3.8, 4) is 5.75 Å². The number of carbonyl (C=O) groups is 1. The molecule has 132 valence electrons. The Morgan fingerprint density at radius 1 is 1.24 bits per heavy atom. The lowest BCUT2D eigenvalue weighted by molar-refractivity contribution is -0.137. The fraction of sp³-hybridized carbons (Fsp3) is 0.316. The van der Waals surface area contributed by atoms with Gasteiger partial charge >= 0.3 is 6.18 Å². The molecule has 0 aliphatic carbocycles. The van der Waals surface area contributed by atoms with Crippen LogP contribution in [0.15, 0.2) is 42.5 Å². The summed E-state index contributed by atoms with van der Waals surface area (Å²) >= 11 is 0. The average Bonchev–Trinajstić information content (AvgIpc) is 3.01. The van der Waals surface area contributed by atoms with Crippen LogP contribution >= 0.6 is 0 Å². The minimum atomic E-state index is -4.56. The van der Waals surface area contributed by atoms with Crippen molar-refractivity contribution >= 4 is 5.91 Å². The van der Waals surface area contributed by atoms with Crippen molar-refractivity contribution in [1.82, 2.24) is 5.32 Å². The van der Waals surface area contributed by atoms with Crippen LogP contribution in [0, 0.1) is 0 Å². The Hall–Kier alpha value is -2.50. The normalized spacial score (nSPS) is 14.6. The fourth-order valence-corrected chi connectivity index (χ4v) is 3.00. The summed E-state index contributed by atoms with van der Waals surface area (Å²) in [5.41, 5.74) is 0.859. The number of nitrogens with one attached hydrogen (secondary N) is 1. The molecule has 1 aliphatic rings. The Morgan fingerprint density at radius 3 is 2.76 bits per heavy atom. The van der Waals surface area contributed by atoms with Crippen molar-refractivity contribution < 1.29 is 22.7 Å². The molecule has 1 aliphatic heterocycles. The third-order valence-corrected chi connectivity index (χ3v) is 4.15. The van der Waals surface area contributed by atoms with E-state index in [4.69, 9.17) is 4.74 Å². The Kier molecular flexibility index (Phi) is 4.70. The monoisotopic (exact) mass is 349 g/mol. The highest BCUT2D eigenvalue weighted by Crippen LogP contribution is 2.32. The number of alkyl halides is 3. The molecular weight excluding hydrogens is 331 g/mol. The summed E-state index contributed by atoms with van der Waals surface area (Å²) < 4.78 is 44.5. The first-order chi connectivity index (χ1) is 11.8. The summed E-state index contributed by atoms with van der Waals surface area (Å²) in [6.45, 7) is 2.44. The molecule has 3 nitrogen and oxygen atoms in total. The van der Waals surface area contributed by atoms with E-state index >= 15 is 0 Å². The van der Waals surface area contributed by atoms with Crippen molar-refractivity contribution in [3.63, 3.8) is 0 Å². The Bertz CT molecular complexity index is 786. The standard InChI is InChI=1S/C19H18F3NO2/c1-12(10-13-6-7-17-14(11-13)8-9-25-17)23-18(24)15-4-2-3-5-16(15)19(20,21)22/h2-7,11-12H,8-10H2,1H3,(H,23,24)/t12-/m1/s1. The maximum Gasteiger partial charge on any atom is 0.417 e. The molecule has 0 unspecified atom stereocenters. The zero-order valence-corrected chi connectivity index (χ0v) is 13.7. The van der Waals surface area contributed by atoms with Crippen LogP contribution in [0.3, 0.4) is 0 Å². The number of halogens is 3. The molecule has 2 aromatic carbocycles. The van der Waals surface area contributed by atoms with Gasteiger partial charge in [-0.25, -0.2) is 0 Å². The molecule has 0 radical (unpaired) electrons. The number of amides is 1. The smallest absolute Gasteiger partial charge is 0.417 e. The van der Waals surface area contributed by atoms with Gasteiger partial charge in [0, 0.05) is 12.5 Å². The van der Waals surface area contributed by atoms with Crippen molar-refractivity contribution in [1.29, 1.82) is 0 Å². The highest BCUT2D eigenvalue weighted by molar-refractivity contribution is 5.96. The van der Waals surface area contributed by atoms with Gasteiger partial charge in [-0.15, -0.1) is 0 Å². The van der Waals surface area contributed by atoms with E-state index in [1.807, 2.05) is 18.2 Å². The Labute approximate surface area is 143 Å². The van der Waals surface area contributed by atoms with E-state index in [9.17, 15) is 18.0 Å². The third-order valence-electron chi connectivity index (χ3n) is 4.15. The average molecular weight is 349 g/mol. The number of hydrogen-bond donors (Lipinski definition) is 1. The van der Waals surface area contributed by atoms with Gasteiger partial charge in [0.25, 0.3) is 5.91 Å². The predicted molar refractivity (Wildman–Crippen MR) is 87.7 cm³/mol. The first-order valence-electron chi connectivity index (χ1n) is 8.06. The number of ether oxygens (including phenoxy) is 1. The molecule has 0 fully saturated rings. The van der Waals surface area contributed by atoms with Crippen LogP contribution in [0.4, 0.5) is 13.2 Å². The van der Waals surface area contributed by atoms with Crippen molar-refractivity contribution in [2.24, 2.45) is 0 Å². The quantitative estimate of drug-likeness (QED) is 0.906. The van der Waals surface area contributed by atoms with Gasteiger partial charge in [-0.3, -0.25) is 4.79 Å². The molecule has 1 N–H and O–H groups in total. The molecule has 3 rings (SSSR count). The SMILES string of the molecule is C[C@H](Cc1ccc2c(c1)CCO2)NC(=O)c1ccccc1C(F)(F)F. The van der Waals surface area contributed by atoms with Crippen LogP contribution in [-0.2, 0) is 19.0 Å². The maximum atomic E-state index is 13.0. The lowest BCUT2D eigenvalue weighted by atomic mass is 10.0. The van der Waals surface area contributed by atoms with Gasteiger partial charge in [-0.05, 0) is 42.7 Å². The Morgan fingerprint density at radius 2 is 2.00 bits per heavy atom. The number of benzene rings is 2. The largest absolute Gasteiger partial charge is 0.493 e. The number of rotatable bonds is 4. The maximum absolute atomic E-state index is 13.0. The molecule has 25 heavy (non-hydrogen) atoms. The molecule has 0 spiro atoms. The highest BCUT2D eigenvalue weighted by Gasteiger charge is 2.35. The fourth-order valence-electron chi connectivity index (χ4n) is 3.00. The molecule has 0 aromatic heterocycles. The van der Waals surface area contributed by atoms with Crippen LogP contribution in [-0.4, -0.2) is 18.6 Å².